The number of carboxylic acid groups (broad SMARTS) is 1. The number of esters is 1. The minimum absolute atomic E-state index is 0.0100. The molecular weight excluding hydrogens is 326 g/mol. The highest BCUT2D eigenvalue weighted by Crippen LogP contribution is 2.59. The van der Waals surface area contributed by atoms with Gasteiger partial charge in [-0.05, 0) is 31.6 Å². The third-order valence-corrected chi connectivity index (χ3v) is 5.05. The first-order valence-corrected chi connectivity index (χ1v) is 8.67. The van der Waals surface area contributed by atoms with Crippen molar-refractivity contribution in [1.82, 2.24) is 5.32 Å². The lowest BCUT2D eigenvalue weighted by Gasteiger charge is -2.51. The first-order valence-electron chi connectivity index (χ1n) is 8.67. The fourth-order valence-corrected chi connectivity index (χ4v) is 3.93. The summed E-state index contributed by atoms with van der Waals surface area (Å²) in [5, 5.41) is 11.9. The fraction of sp³-hybridized carbons (Fsp3) is 0.722. The van der Waals surface area contributed by atoms with Gasteiger partial charge < -0.3 is 19.9 Å². The Morgan fingerprint density at radius 1 is 1.32 bits per heavy atom. The average molecular weight is 353 g/mol. The Kier molecular flexibility index (Phi) is 5.75. The molecule has 0 aliphatic heterocycles. The summed E-state index contributed by atoms with van der Waals surface area (Å²) in [6.07, 6.45) is 2.21. The van der Waals surface area contributed by atoms with E-state index < -0.39 is 29.7 Å². The largest absolute Gasteiger partial charge is 0.481 e. The molecule has 0 heterocycles. The summed E-state index contributed by atoms with van der Waals surface area (Å²) >= 11 is 0. The minimum Gasteiger partial charge on any atom is -0.481 e. The smallest absolute Gasteiger partial charge is 0.410 e. The maximum atomic E-state index is 11.9. The van der Waals surface area contributed by atoms with Crippen molar-refractivity contribution in [1.29, 1.82) is 0 Å². The Labute approximate surface area is 147 Å². The fourth-order valence-electron chi connectivity index (χ4n) is 3.93. The van der Waals surface area contributed by atoms with Crippen LogP contribution in [-0.4, -0.2) is 36.0 Å². The molecule has 2 N–H and O–H groups in total. The molecule has 0 radical (unpaired) electrons. The van der Waals surface area contributed by atoms with Crippen LogP contribution < -0.4 is 5.32 Å². The molecule has 140 valence electrons. The Balaban J connectivity index is 1.88. The van der Waals surface area contributed by atoms with Crippen LogP contribution in [0.1, 0.15) is 47.0 Å². The van der Waals surface area contributed by atoms with Crippen molar-refractivity contribution >= 4 is 18.0 Å². The van der Waals surface area contributed by atoms with Gasteiger partial charge in [-0.3, -0.25) is 9.59 Å². The van der Waals surface area contributed by atoms with Crippen LogP contribution in [0.4, 0.5) is 4.79 Å². The molecule has 7 nitrogen and oxygen atoms in total. The van der Waals surface area contributed by atoms with Crippen molar-refractivity contribution in [2.45, 2.75) is 53.2 Å². The van der Waals surface area contributed by atoms with Crippen LogP contribution in [0.2, 0.25) is 0 Å². The van der Waals surface area contributed by atoms with Gasteiger partial charge in [0.15, 0.2) is 0 Å². The third-order valence-electron chi connectivity index (χ3n) is 5.05. The Bertz CT molecular complexity index is 584. The van der Waals surface area contributed by atoms with Gasteiger partial charge >= 0.3 is 18.0 Å². The number of alkyl carbamates (subject to hydrolysis) is 1. The van der Waals surface area contributed by atoms with Crippen LogP contribution >= 0.6 is 0 Å². The number of ether oxygens (including phenoxy) is 2. The van der Waals surface area contributed by atoms with Gasteiger partial charge in [0.25, 0.3) is 0 Å². The van der Waals surface area contributed by atoms with E-state index in [4.69, 9.17) is 9.47 Å². The maximum absolute atomic E-state index is 11.9. The molecule has 2 aliphatic carbocycles. The van der Waals surface area contributed by atoms with E-state index in [1.54, 1.807) is 13.8 Å². The number of allylic oxidation sites excluding steroid dienone is 2. The van der Waals surface area contributed by atoms with Crippen molar-refractivity contribution in [3.63, 3.8) is 0 Å². The molecule has 1 fully saturated rings. The van der Waals surface area contributed by atoms with Gasteiger partial charge in [-0.1, -0.05) is 25.5 Å². The molecule has 0 saturated heterocycles. The van der Waals surface area contributed by atoms with E-state index in [2.05, 4.69) is 18.3 Å². The van der Waals surface area contributed by atoms with E-state index in [1.165, 1.54) is 12.5 Å². The van der Waals surface area contributed by atoms with Gasteiger partial charge in [0.2, 0.25) is 6.29 Å². The van der Waals surface area contributed by atoms with Gasteiger partial charge in [-0.2, -0.15) is 0 Å². The summed E-state index contributed by atoms with van der Waals surface area (Å²) in [7, 11) is 0. The molecule has 0 aromatic rings. The van der Waals surface area contributed by atoms with Crippen LogP contribution in [0.3, 0.4) is 0 Å². The summed E-state index contributed by atoms with van der Waals surface area (Å²) in [6.45, 7) is 7.13. The Morgan fingerprint density at radius 2 is 2.00 bits per heavy atom. The number of amides is 1. The van der Waals surface area contributed by atoms with Gasteiger partial charge in [0, 0.05) is 18.9 Å². The molecule has 7 heteroatoms. The van der Waals surface area contributed by atoms with Gasteiger partial charge in [-0.25, -0.2) is 4.79 Å². The van der Waals surface area contributed by atoms with E-state index in [9.17, 15) is 19.5 Å². The van der Waals surface area contributed by atoms with Crippen molar-refractivity contribution < 1.29 is 29.0 Å². The number of carbonyl (C=O) groups is 3. The first-order chi connectivity index (χ1) is 11.6. The highest BCUT2D eigenvalue weighted by atomic mass is 16.7. The van der Waals surface area contributed by atoms with E-state index in [0.717, 1.165) is 12.8 Å². The van der Waals surface area contributed by atoms with Crippen LogP contribution in [0, 0.1) is 23.2 Å². The van der Waals surface area contributed by atoms with Crippen molar-refractivity contribution in [2.24, 2.45) is 23.2 Å². The molecule has 2 aliphatic rings. The standard InChI is InChI=1S/C18H27NO6/c1-10(2)16(22)24-12(4)25-17(23)19-9-18(8-15(20)21)7-13-5-11(3)6-14(13)18/h6,10,12-14H,5,7-9H2,1-4H3,(H,19,23)(H,20,21)/t12-,13+,14-,18-/m1/s1. The van der Waals surface area contributed by atoms with Crippen LogP contribution in [0.25, 0.3) is 0 Å². The second-order valence-corrected chi connectivity index (χ2v) is 7.56. The number of aliphatic carboxylic acids is 1. The molecule has 0 unspecified atom stereocenters. The molecule has 25 heavy (non-hydrogen) atoms. The molecule has 0 spiro atoms. The zero-order valence-electron chi connectivity index (χ0n) is 15.2. The Morgan fingerprint density at radius 3 is 2.56 bits per heavy atom. The zero-order valence-corrected chi connectivity index (χ0v) is 15.2. The minimum atomic E-state index is -0.993. The lowest BCUT2D eigenvalue weighted by molar-refractivity contribution is -0.169. The second kappa shape index (κ2) is 7.45. The van der Waals surface area contributed by atoms with Gasteiger partial charge in [-0.15, -0.1) is 0 Å². The number of carbonyl (C=O) groups excluding carboxylic acids is 2. The van der Waals surface area contributed by atoms with E-state index in [1.807, 2.05) is 0 Å². The summed E-state index contributed by atoms with van der Waals surface area (Å²) in [5.74, 6) is -0.970. The summed E-state index contributed by atoms with van der Waals surface area (Å²) in [4.78, 5) is 34.7. The van der Waals surface area contributed by atoms with Gasteiger partial charge in [0.1, 0.15) is 0 Å². The predicted molar refractivity (Wildman–Crippen MR) is 89.5 cm³/mol. The molecular formula is C18H27NO6. The molecule has 0 aromatic carbocycles. The van der Waals surface area contributed by atoms with Crippen LogP contribution in [0.5, 0.6) is 0 Å². The summed E-state index contributed by atoms with van der Waals surface area (Å²) in [5.41, 5.74) is 0.810. The highest BCUT2D eigenvalue weighted by molar-refractivity contribution is 5.72. The summed E-state index contributed by atoms with van der Waals surface area (Å²) < 4.78 is 9.99. The van der Waals surface area contributed by atoms with E-state index >= 15 is 0 Å². The molecule has 1 amide bonds. The van der Waals surface area contributed by atoms with E-state index in [-0.39, 0.29) is 24.8 Å². The number of rotatable bonds is 7. The number of hydrogen-bond acceptors (Lipinski definition) is 5. The SMILES string of the molecule is CC1=C[C@@H]2[C@@H](C1)C[C@]2(CNC(=O)O[C@H](C)OC(=O)C(C)C)CC(=O)O. The van der Waals surface area contributed by atoms with E-state index in [0.29, 0.717) is 5.92 Å². The molecule has 2 rings (SSSR count). The van der Waals surface area contributed by atoms with Gasteiger partial charge in [0.05, 0.1) is 12.3 Å². The lowest BCUT2D eigenvalue weighted by atomic mass is 9.53. The number of carboxylic acids is 1. The van der Waals surface area contributed by atoms with Crippen LogP contribution in [0.15, 0.2) is 11.6 Å². The van der Waals surface area contributed by atoms with Crippen molar-refractivity contribution in [3.8, 4) is 0 Å². The van der Waals surface area contributed by atoms with Crippen molar-refractivity contribution in [3.05, 3.63) is 11.6 Å². The topological polar surface area (TPSA) is 102 Å². The lowest BCUT2D eigenvalue weighted by Crippen LogP contribution is -2.53. The van der Waals surface area contributed by atoms with Crippen LogP contribution in [-0.2, 0) is 19.1 Å². The molecule has 0 aromatic heterocycles. The highest BCUT2D eigenvalue weighted by Gasteiger charge is 2.55. The second-order valence-electron chi connectivity index (χ2n) is 7.56. The quantitative estimate of drug-likeness (QED) is 0.414. The first kappa shape index (κ1) is 19.3. The normalized spacial score (nSPS) is 28.4. The molecule has 1 saturated carbocycles. The average Bonchev–Trinajstić information content (AvgIpc) is 2.79. The third kappa shape index (κ3) is 4.52. The predicted octanol–water partition coefficient (Wildman–Crippen LogP) is 2.71. The summed E-state index contributed by atoms with van der Waals surface area (Å²) in [6, 6.07) is 0. The molecule has 4 atom stereocenters. The zero-order chi connectivity index (χ0) is 18.8. The number of fused-ring (bicyclic) bond motifs is 1. The molecule has 0 bridgehead atoms. The number of nitrogens with one attached hydrogen (secondary N) is 1. The number of hydrogen-bond donors (Lipinski definition) is 2. The monoisotopic (exact) mass is 353 g/mol. The maximum Gasteiger partial charge on any atom is 0.410 e. The van der Waals surface area contributed by atoms with Crippen molar-refractivity contribution in [2.75, 3.05) is 6.54 Å². The Hall–Kier alpha value is -2.05.